The topological polar surface area (TPSA) is 48.4 Å². The highest BCUT2D eigenvalue weighted by Gasteiger charge is 2.26. The molecular weight excluding hydrogens is 300 g/mol. The van der Waals surface area contributed by atoms with Gasteiger partial charge >= 0.3 is 5.97 Å². The Balaban J connectivity index is 3.31. The normalized spacial score (nSPS) is 10.5. The molecule has 0 unspecified atom stereocenters. The zero-order valence-corrected chi connectivity index (χ0v) is 10.8. The number of pyridine rings is 1. The molecule has 0 saturated carbocycles. The summed E-state index contributed by atoms with van der Waals surface area (Å²) < 4.78 is 35.2. The van der Waals surface area contributed by atoms with Gasteiger partial charge in [0.25, 0.3) is 6.43 Å². The number of nitrogens with zero attached hydrogens (tertiary/aromatic N) is 1. The fourth-order valence-corrected chi connectivity index (χ4v) is 1.81. The third kappa shape index (κ3) is 2.91. The minimum absolute atomic E-state index is 0.00746. The minimum atomic E-state index is -2.86. The number of ether oxygens (including phenoxy) is 2. The van der Waals surface area contributed by atoms with Crippen LogP contribution in [0.15, 0.2) is 10.7 Å². The van der Waals surface area contributed by atoms with Crippen LogP contribution in [0.4, 0.5) is 8.78 Å². The van der Waals surface area contributed by atoms with Gasteiger partial charge in [0.05, 0.1) is 29.9 Å². The maximum atomic E-state index is 12.9. The molecule has 0 N–H and O–H groups in total. The Hall–Kier alpha value is -1.24. The first-order valence-corrected chi connectivity index (χ1v) is 5.49. The molecular formula is C10H10BrF2NO3. The smallest absolute Gasteiger partial charge is 0.357 e. The summed E-state index contributed by atoms with van der Waals surface area (Å²) in [6, 6.07) is 0. The van der Waals surface area contributed by atoms with Crippen molar-refractivity contribution in [1.82, 2.24) is 4.98 Å². The number of methoxy groups -OCH3 is 1. The molecule has 7 heteroatoms. The van der Waals surface area contributed by atoms with Crippen LogP contribution < -0.4 is 4.74 Å². The molecule has 1 aromatic rings. The number of alkyl halides is 2. The number of esters is 1. The van der Waals surface area contributed by atoms with Crippen LogP contribution in [0.1, 0.15) is 29.4 Å². The third-order valence-electron chi connectivity index (χ3n) is 1.93. The SMILES string of the molecule is CCOC(=O)c1ncc(OC)c(Br)c1C(F)F. The third-order valence-corrected chi connectivity index (χ3v) is 2.74. The molecule has 0 aromatic carbocycles. The van der Waals surface area contributed by atoms with Gasteiger partial charge in [0, 0.05) is 0 Å². The van der Waals surface area contributed by atoms with Crippen molar-refractivity contribution >= 4 is 21.9 Å². The summed E-state index contributed by atoms with van der Waals surface area (Å²) in [6.45, 7) is 1.67. The largest absolute Gasteiger partial charge is 0.494 e. The van der Waals surface area contributed by atoms with Crippen molar-refractivity contribution in [2.45, 2.75) is 13.3 Å². The van der Waals surface area contributed by atoms with E-state index in [1.54, 1.807) is 6.92 Å². The molecule has 0 aliphatic rings. The van der Waals surface area contributed by atoms with Gasteiger partial charge in [0.1, 0.15) is 0 Å². The number of carbonyl (C=O) groups excluding carboxylic acids is 1. The molecule has 1 heterocycles. The van der Waals surface area contributed by atoms with E-state index in [9.17, 15) is 13.6 Å². The maximum Gasteiger partial charge on any atom is 0.357 e. The predicted molar refractivity (Wildman–Crippen MR) is 59.4 cm³/mol. The van der Waals surface area contributed by atoms with Gasteiger partial charge in [0.2, 0.25) is 0 Å². The van der Waals surface area contributed by atoms with Crippen LogP contribution in [0.25, 0.3) is 0 Å². The van der Waals surface area contributed by atoms with E-state index in [1.165, 1.54) is 13.3 Å². The zero-order chi connectivity index (χ0) is 13.0. The summed E-state index contributed by atoms with van der Waals surface area (Å²) in [5.74, 6) is -0.750. The highest BCUT2D eigenvalue weighted by Crippen LogP contribution is 2.36. The van der Waals surface area contributed by atoms with Gasteiger partial charge < -0.3 is 9.47 Å². The Morgan fingerprint density at radius 2 is 2.24 bits per heavy atom. The fourth-order valence-electron chi connectivity index (χ4n) is 1.19. The van der Waals surface area contributed by atoms with Crippen molar-refractivity contribution < 1.29 is 23.0 Å². The second kappa shape index (κ2) is 5.90. The molecule has 4 nitrogen and oxygen atoms in total. The number of halogens is 3. The zero-order valence-electron chi connectivity index (χ0n) is 9.17. The molecule has 0 saturated heterocycles. The average molecular weight is 310 g/mol. The molecule has 94 valence electrons. The molecule has 1 rings (SSSR count). The van der Waals surface area contributed by atoms with Gasteiger partial charge in [0.15, 0.2) is 11.4 Å². The number of hydrogen-bond donors (Lipinski definition) is 0. The van der Waals surface area contributed by atoms with E-state index in [0.717, 1.165) is 0 Å². The predicted octanol–water partition coefficient (Wildman–Crippen LogP) is 2.97. The summed E-state index contributed by atoms with van der Waals surface area (Å²) >= 11 is 2.96. The van der Waals surface area contributed by atoms with Crippen molar-refractivity contribution in [2.75, 3.05) is 13.7 Å². The molecule has 0 spiro atoms. The lowest BCUT2D eigenvalue weighted by Gasteiger charge is -2.11. The van der Waals surface area contributed by atoms with E-state index in [-0.39, 0.29) is 16.8 Å². The van der Waals surface area contributed by atoms with Crippen molar-refractivity contribution in [3.8, 4) is 5.75 Å². The fraction of sp³-hybridized carbons (Fsp3) is 0.400. The van der Waals surface area contributed by atoms with E-state index in [2.05, 4.69) is 25.7 Å². The molecule has 0 atom stereocenters. The van der Waals surface area contributed by atoms with Crippen LogP contribution >= 0.6 is 15.9 Å². The van der Waals surface area contributed by atoms with Gasteiger partial charge in [-0.25, -0.2) is 18.6 Å². The van der Waals surface area contributed by atoms with Crippen LogP contribution in [0.5, 0.6) is 5.75 Å². The number of aromatic nitrogens is 1. The number of rotatable bonds is 4. The number of carbonyl (C=O) groups is 1. The number of hydrogen-bond acceptors (Lipinski definition) is 4. The Kier molecular flexibility index (Phi) is 4.80. The quantitative estimate of drug-likeness (QED) is 0.802. The summed E-state index contributed by atoms with van der Waals surface area (Å²) in [5, 5.41) is 0. The van der Waals surface area contributed by atoms with Crippen LogP contribution in [0.3, 0.4) is 0 Å². The second-order valence-corrected chi connectivity index (χ2v) is 3.72. The summed E-state index contributed by atoms with van der Waals surface area (Å²) in [7, 11) is 1.32. The van der Waals surface area contributed by atoms with Crippen LogP contribution in [-0.2, 0) is 4.74 Å². The molecule has 0 aliphatic heterocycles. The van der Waals surface area contributed by atoms with Crippen molar-refractivity contribution in [2.24, 2.45) is 0 Å². The monoisotopic (exact) mass is 309 g/mol. The maximum absolute atomic E-state index is 12.9. The molecule has 1 aromatic heterocycles. The Morgan fingerprint density at radius 1 is 1.59 bits per heavy atom. The summed E-state index contributed by atoms with van der Waals surface area (Å²) in [4.78, 5) is 15.1. The highest BCUT2D eigenvalue weighted by atomic mass is 79.9. The molecule has 0 fully saturated rings. The lowest BCUT2D eigenvalue weighted by atomic mass is 10.2. The molecule has 0 bridgehead atoms. The van der Waals surface area contributed by atoms with E-state index in [1.807, 2.05) is 0 Å². The van der Waals surface area contributed by atoms with Gasteiger partial charge in [-0.05, 0) is 22.9 Å². The van der Waals surface area contributed by atoms with Gasteiger partial charge in [-0.3, -0.25) is 0 Å². The standard InChI is InChI=1S/C10H10BrF2NO3/c1-3-17-10(15)8-6(9(12)13)7(11)5(16-2)4-14-8/h4,9H,3H2,1-2H3. The average Bonchev–Trinajstić information content (AvgIpc) is 2.28. The van der Waals surface area contributed by atoms with Crippen molar-refractivity contribution in [3.63, 3.8) is 0 Å². The van der Waals surface area contributed by atoms with Crippen LogP contribution in [0.2, 0.25) is 0 Å². The lowest BCUT2D eigenvalue weighted by molar-refractivity contribution is 0.0507. The van der Waals surface area contributed by atoms with Gasteiger partial charge in [-0.2, -0.15) is 0 Å². The van der Waals surface area contributed by atoms with Crippen LogP contribution in [0, 0.1) is 0 Å². The van der Waals surface area contributed by atoms with Gasteiger partial charge in [-0.15, -0.1) is 0 Å². The van der Waals surface area contributed by atoms with E-state index in [4.69, 9.17) is 4.74 Å². The minimum Gasteiger partial charge on any atom is -0.494 e. The van der Waals surface area contributed by atoms with Crippen LogP contribution in [-0.4, -0.2) is 24.7 Å². The Bertz CT molecular complexity index is 426. The van der Waals surface area contributed by atoms with Crippen molar-refractivity contribution in [1.29, 1.82) is 0 Å². The van der Waals surface area contributed by atoms with Crippen molar-refractivity contribution in [3.05, 3.63) is 21.9 Å². The Morgan fingerprint density at radius 3 is 2.71 bits per heavy atom. The summed E-state index contributed by atoms with van der Waals surface area (Å²) in [5.41, 5.74) is -0.933. The highest BCUT2D eigenvalue weighted by molar-refractivity contribution is 9.10. The first-order valence-electron chi connectivity index (χ1n) is 4.70. The van der Waals surface area contributed by atoms with Gasteiger partial charge in [-0.1, -0.05) is 0 Å². The van der Waals surface area contributed by atoms with E-state index >= 15 is 0 Å². The molecule has 0 radical (unpaired) electrons. The summed E-state index contributed by atoms with van der Waals surface area (Å²) in [6.07, 6.45) is -1.67. The lowest BCUT2D eigenvalue weighted by Crippen LogP contribution is -2.12. The molecule has 0 aliphatic carbocycles. The first kappa shape index (κ1) is 13.8. The molecule has 17 heavy (non-hydrogen) atoms. The second-order valence-electron chi connectivity index (χ2n) is 2.92. The van der Waals surface area contributed by atoms with E-state index in [0.29, 0.717) is 0 Å². The van der Waals surface area contributed by atoms with E-state index < -0.39 is 23.7 Å². The Labute approximate surface area is 105 Å². The first-order chi connectivity index (χ1) is 8.02. The molecule has 0 amide bonds.